The van der Waals surface area contributed by atoms with Crippen molar-refractivity contribution in [3.8, 4) is 5.75 Å². The molecule has 2 unspecified atom stereocenters. The van der Waals surface area contributed by atoms with Crippen molar-refractivity contribution in [2.75, 3.05) is 13.2 Å². The number of ether oxygens (including phenoxy) is 3. The van der Waals surface area contributed by atoms with Crippen molar-refractivity contribution in [2.45, 2.75) is 51.6 Å². The summed E-state index contributed by atoms with van der Waals surface area (Å²) >= 11 is 3.27. The first-order valence-electron chi connectivity index (χ1n) is 8.20. The molecular weight excluding hydrogens is 400 g/mol. The predicted octanol–water partition coefficient (Wildman–Crippen LogP) is 3.64. The summed E-state index contributed by atoms with van der Waals surface area (Å²) in [5.41, 5.74) is 0.450. The summed E-state index contributed by atoms with van der Waals surface area (Å²) in [6.07, 6.45) is 2.46. The number of carbonyl (C=O) groups excluding carboxylic acids is 1. The molecule has 0 aliphatic carbocycles. The topological polar surface area (TPSA) is 56.8 Å². The third-order valence-electron chi connectivity index (χ3n) is 3.87. The van der Waals surface area contributed by atoms with Gasteiger partial charge >= 0.3 is 6.61 Å². The summed E-state index contributed by atoms with van der Waals surface area (Å²) in [6.45, 7) is -0.118. The molecule has 140 valence electrons. The van der Waals surface area contributed by atoms with Crippen molar-refractivity contribution in [1.29, 1.82) is 0 Å². The Balaban J connectivity index is 1.83. The van der Waals surface area contributed by atoms with E-state index in [2.05, 4.69) is 26.0 Å². The van der Waals surface area contributed by atoms with Crippen LogP contribution < -0.4 is 10.1 Å². The third-order valence-corrected chi connectivity index (χ3v) is 4.36. The summed E-state index contributed by atoms with van der Waals surface area (Å²) in [5.74, 6) is -0.290. The van der Waals surface area contributed by atoms with Crippen LogP contribution in [0, 0.1) is 0 Å². The minimum atomic E-state index is -2.92. The van der Waals surface area contributed by atoms with Crippen molar-refractivity contribution in [3.05, 3.63) is 28.2 Å². The maximum Gasteiger partial charge on any atom is 0.387 e. The van der Waals surface area contributed by atoms with E-state index in [1.54, 1.807) is 19.1 Å². The third kappa shape index (κ3) is 6.87. The average Bonchev–Trinajstić information content (AvgIpc) is 2.60. The fourth-order valence-corrected chi connectivity index (χ4v) is 2.90. The van der Waals surface area contributed by atoms with Crippen LogP contribution in [-0.2, 0) is 20.8 Å². The first-order chi connectivity index (χ1) is 12.0. The molecule has 1 saturated heterocycles. The molecule has 1 aliphatic heterocycles. The van der Waals surface area contributed by atoms with Gasteiger partial charge in [-0.3, -0.25) is 4.79 Å². The fraction of sp³-hybridized carbons (Fsp3) is 0.588. The van der Waals surface area contributed by atoms with Crippen LogP contribution in [0.25, 0.3) is 0 Å². The summed E-state index contributed by atoms with van der Waals surface area (Å²) in [4.78, 5) is 12.1. The highest BCUT2D eigenvalue weighted by Crippen LogP contribution is 2.24. The number of benzene rings is 1. The lowest BCUT2D eigenvalue weighted by Crippen LogP contribution is -2.36. The summed E-state index contributed by atoms with van der Waals surface area (Å²) in [5, 5.41) is 2.68. The lowest BCUT2D eigenvalue weighted by molar-refractivity contribution is -0.135. The molecule has 0 aromatic heterocycles. The van der Waals surface area contributed by atoms with Crippen LogP contribution in [0.1, 0.15) is 31.7 Å². The van der Waals surface area contributed by atoms with Gasteiger partial charge in [-0.1, -0.05) is 15.9 Å². The van der Waals surface area contributed by atoms with Gasteiger partial charge in [0.05, 0.1) is 12.7 Å². The Morgan fingerprint density at radius 3 is 2.92 bits per heavy atom. The van der Waals surface area contributed by atoms with E-state index in [4.69, 9.17) is 9.47 Å². The SMILES string of the molecule is CC(OCC1CCCCO1)C(=O)NCc1cc(Br)ccc1OC(F)F. The van der Waals surface area contributed by atoms with Gasteiger partial charge in [-0.2, -0.15) is 8.78 Å². The second-order valence-corrected chi connectivity index (χ2v) is 6.73. The van der Waals surface area contributed by atoms with Crippen LogP contribution >= 0.6 is 15.9 Å². The smallest absolute Gasteiger partial charge is 0.387 e. The highest BCUT2D eigenvalue weighted by molar-refractivity contribution is 9.10. The minimum Gasteiger partial charge on any atom is -0.434 e. The summed E-state index contributed by atoms with van der Waals surface area (Å²) in [7, 11) is 0. The second-order valence-electron chi connectivity index (χ2n) is 5.81. The monoisotopic (exact) mass is 421 g/mol. The molecule has 8 heteroatoms. The zero-order valence-electron chi connectivity index (χ0n) is 14.0. The van der Waals surface area contributed by atoms with E-state index >= 15 is 0 Å². The number of hydrogen-bond acceptors (Lipinski definition) is 4. The molecule has 2 rings (SSSR count). The van der Waals surface area contributed by atoms with Gasteiger partial charge in [-0.05, 0) is 44.4 Å². The molecular formula is C17H22BrF2NO4. The first-order valence-corrected chi connectivity index (χ1v) is 8.99. The number of carbonyl (C=O) groups is 1. The Labute approximate surface area is 154 Å². The molecule has 1 heterocycles. The number of rotatable bonds is 8. The molecule has 0 saturated carbocycles. The highest BCUT2D eigenvalue weighted by Gasteiger charge is 2.19. The normalized spacial score (nSPS) is 18.8. The van der Waals surface area contributed by atoms with Gasteiger partial charge in [0, 0.05) is 23.2 Å². The molecule has 2 atom stereocenters. The van der Waals surface area contributed by atoms with Crippen molar-refractivity contribution in [2.24, 2.45) is 0 Å². The van der Waals surface area contributed by atoms with Crippen molar-refractivity contribution in [1.82, 2.24) is 5.32 Å². The van der Waals surface area contributed by atoms with Gasteiger partial charge in [0.1, 0.15) is 11.9 Å². The quantitative estimate of drug-likeness (QED) is 0.695. The van der Waals surface area contributed by atoms with Gasteiger partial charge in [0.25, 0.3) is 0 Å². The number of halogens is 3. The first kappa shape index (κ1) is 20.1. The summed E-state index contributed by atoms with van der Waals surface area (Å²) in [6, 6.07) is 4.65. The predicted molar refractivity (Wildman–Crippen MR) is 91.6 cm³/mol. The highest BCUT2D eigenvalue weighted by atomic mass is 79.9. The molecule has 25 heavy (non-hydrogen) atoms. The average molecular weight is 422 g/mol. The van der Waals surface area contributed by atoms with Gasteiger partial charge < -0.3 is 19.5 Å². The Bertz CT molecular complexity index is 568. The molecule has 0 spiro atoms. The van der Waals surface area contributed by atoms with E-state index in [1.807, 2.05) is 0 Å². The summed E-state index contributed by atoms with van der Waals surface area (Å²) < 4.78 is 41.2. The van der Waals surface area contributed by atoms with Crippen LogP contribution in [0.3, 0.4) is 0 Å². The van der Waals surface area contributed by atoms with Gasteiger partial charge in [0.2, 0.25) is 5.91 Å². The van der Waals surface area contributed by atoms with E-state index < -0.39 is 12.7 Å². The molecule has 1 aromatic carbocycles. The van der Waals surface area contributed by atoms with Crippen molar-refractivity contribution < 1.29 is 27.8 Å². The number of amides is 1. The van der Waals surface area contributed by atoms with E-state index in [0.717, 1.165) is 25.9 Å². The Morgan fingerprint density at radius 1 is 1.44 bits per heavy atom. The lowest BCUT2D eigenvalue weighted by atomic mass is 10.1. The van der Waals surface area contributed by atoms with E-state index in [1.165, 1.54) is 6.07 Å². The zero-order chi connectivity index (χ0) is 18.2. The maximum atomic E-state index is 12.5. The molecule has 1 amide bonds. The molecule has 5 nitrogen and oxygen atoms in total. The van der Waals surface area contributed by atoms with Gasteiger partial charge in [-0.15, -0.1) is 0 Å². The van der Waals surface area contributed by atoms with E-state index in [0.29, 0.717) is 16.6 Å². The molecule has 1 aromatic rings. The van der Waals surface area contributed by atoms with Gasteiger partial charge in [-0.25, -0.2) is 0 Å². The standard InChI is InChI=1S/C17H22BrF2NO4/c1-11(24-10-14-4-2-3-7-23-14)16(22)21-9-12-8-13(18)5-6-15(12)25-17(19)20/h5-6,8,11,14,17H,2-4,7,9-10H2,1H3,(H,21,22). The lowest BCUT2D eigenvalue weighted by Gasteiger charge is -2.24. The van der Waals surface area contributed by atoms with Crippen LogP contribution in [0.15, 0.2) is 22.7 Å². The second kappa shape index (κ2) is 10.0. The molecule has 0 bridgehead atoms. The fourth-order valence-electron chi connectivity index (χ4n) is 2.49. The Hall–Kier alpha value is -1.25. The van der Waals surface area contributed by atoms with Crippen molar-refractivity contribution >= 4 is 21.8 Å². The Kier molecular flexibility index (Phi) is 8.05. The Morgan fingerprint density at radius 2 is 2.24 bits per heavy atom. The van der Waals surface area contributed by atoms with E-state index in [-0.39, 0.29) is 24.3 Å². The largest absolute Gasteiger partial charge is 0.434 e. The van der Waals surface area contributed by atoms with Crippen LogP contribution in [0.2, 0.25) is 0 Å². The van der Waals surface area contributed by atoms with Gasteiger partial charge in [0.15, 0.2) is 0 Å². The molecule has 1 aliphatic rings. The number of hydrogen-bond donors (Lipinski definition) is 1. The van der Waals surface area contributed by atoms with E-state index in [9.17, 15) is 13.6 Å². The van der Waals surface area contributed by atoms with Crippen molar-refractivity contribution in [3.63, 3.8) is 0 Å². The minimum absolute atomic E-state index is 0.0279. The maximum absolute atomic E-state index is 12.5. The zero-order valence-corrected chi connectivity index (χ0v) is 15.6. The van der Waals surface area contributed by atoms with Crippen LogP contribution in [-0.4, -0.2) is 37.9 Å². The van der Waals surface area contributed by atoms with Crippen LogP contribution in [0.5, 0.6) is 5.75 Å². The molecule has 1 N–H and O–H groups in total. The molecule has 0 radical (unpaired) electrons. The van der Waals surface area contributed by atoms with Crippen LogP contribution in [0.4, 0.5) is 8.78 Å². The number of nitrogens with one attached hydrogen (secondary N) is 1. The molecule has 1 fully saturated rings. The number of alkyl halides is 2.